The van der Waals surface area contributed by atoms with E-state index in [1.165, 1.54) is 12.1 Å². The smallest absolute Gasteiger partial charge is 0.410 e. The summed E-state index contributed by atoms with van der Waals surface area (Å²) in [4.78, 5) is 27.9. The monoisotopic (exact) mass is 711 g/mol. The summed E-state index contributed by atoms with van der Waals surface area (Å²) in [5.74, 6) is -4.31. The minimum atomic E-state index is -3.89. The van der Waals surface area contributed by atoms with E-state index in [4.69, 9.17) is 14.5 Å². The molecule has 6 rings (SSSR count). The van der Waals surface area contributed by atoms with Crippen molar-refractivity contribution in [3.05, 3.63) is 71.8 Å². The Kier molecular flexibility index (Phi) is 9.68. The number of aromatic nitrogens is 3. The molecule has 1 amide bonds. The van der Waals surface area contributed by atoms with E-state index in [9.17, 15) is 22.0 Å². The van der Waals surface area contributed by atoms with Gasteiger partial charge in [0, 0.05) is 55.3 Å². The van der Waals surface area contributed by atoms with Gasteiger partial charge in [-0.25, -0.2) is 41.3 Å². The highest BCUT2D eigenvalue weighted by Crippen LogP contribution is 2.44. The second kappa shape index (κ2) is 13.7. The molecule has 2 aliphatic rings. The van der Waals surface area contributed by atoms with Gasteiger partial charge in [-0.1, -0.05) is 12.1 Å². The highest BCUT2D eigenvalue weighted by Gasteiger charge is 2.46. The Morgan fingerprint density at radius 2 is 1.82 bits per heavy atom. The van der Waals surface area contributed by atoms with Gasteiger partial charge >= 0.3 is 6.09 Å². The summed E-state index contributed by atoms with van der Waals surface area (Å²) in [6.45, 7) is 8.34. The lowest BCUT2D eigenvalue weighted by Crippen LogP contribution is -2.47. The van der Waals surface area contributed by atoms with Crippen molar-refractivity contribution in [2.24, 2.45) is 5.92 Å². The first-order valence-corrected chi connectivity index (χ1v) is 18.4. The average Bonchev–Trinajstić information content (AvgIpc) is 3.02. The van der Waals surface area contributed by atoms with E-state index in [-0.39, 0.29) is 23.6 Å². The van der Waals surface area contributed by atoms with Crippen LogP contribution in [0.2, 0.25) is 0 Å². The third-order valence-electron chi connectivity index (χ3n) is 8.74. The minimum Gasteiger partial charge on any atom is -0.444 e. The fourth-order valence-electron chi connectivity index (χ4n) is 6.46. The summed E-state index contributed by atoms with van der Waals surface area (Å²) in [6.07, 6.45) is 3.45. The number of hydrogen-bond donors (Lipinski definition) is 1. The third-order valence-corrected chi connectivity index (χ3v) is 10.4. The van der Waals surface area contributed by atoms with Crippen LogP contribution in [-0.2, 0) is 20.3 Å². The number of alkyl halides is 2. The number of carbonyl (C=O) groups excluding carboxylic acids is 1. The number of nitrogens with one attached hydrogen (secondary N) is 1. The number of sulfone groups is 1. The van der Waals surface area contributed by atoms with E-state index < -0.39 is 57.4 Å². The SMILES string of the molecule is Cc1ccc2c(CS(=O)(=O)CC3CC(F)(F)C3)c(F)ccc2c1Oc1ncccc1-c1ccnc(N[C@H]2CCCN(C(=O)OC(C)(C)C)C2)n1. The number of hydrogen-bond acceptors (Lipinski definition) is 9. The van der Waals surface area contributed by atoms with Crippen LogP contribution >= 0.6 is 0 Å². The Morgan fingerprint density at radius 1 is 1.06 bits per heavy atom. The number of ether oxygens (including phenoxy) is 2. The van der Waals surface area contributed by atoms with Gasteiger partial charge in [-0.2, -0.15) is 0 Å². The summed E-state index contributed by atoms with van der Waals surface area (Å²) >= 11 is 0. The van der Waals surface area contributed by atoms with Gasteiger partial charge < -0.3 is 19.7 Å². The van der Waals surface area contributed by atoms with E-state index in [0.717, 1.165) is 12.8 Å². The number of rotatable bonds is 9. The maximum Gasteiger partial charge on any atom is 0.410 e. The summed E-state index contributed by atoms with van der Waals surface area (Å²) < 4.78 is 79.9. The van der Waals surface area contributed by atoms with Crippen LogP contribution in [0.3, 0.4) is 0 Å². The molecule has 2 fully saturated rings. The molecular weight excluding hydrogens is 671 g/mol. The molecular formula is C36H40F3N5O5S. The fraction of sp³-hybridized carbons (Fsp3) is 0.444. The number of aryl methyl sites for hydroxylation is 1. The molecule has 0 bridgehead atoms. The van der Waals surface area contributed by atoms with Crippen LogP contribution in [0.25, 0.3) is 22.0 Å². The molecule has 1 atom stereocenters. The molecule has 14 heteroatoms. The zero-order valence-corrected chi connectivity index (χ0v) is 29.2. The van der Waals surface area contributed by atoms with E-state index in [0.29, 0.717) is 52.4 Å². The quantitative estimate of drug-likeness (QED) is 0.186. The van der Waals surface area contributed by atoms with Crippen molar-refractivity contribution in [2.75, 3.05) is 24.2 Å². The van der Waals surface area contributed by atoms with E-state index in [2.05, 4.69) is 15.3 Å². The molecule has 0 radical (unpaired) electrons. The first-order chi connectivity index (χ1) is 23.6. The predicted molar refractivity (Wildman–Crippen MR) is 184 cm³/mol. The topological polar surface area (TPSA) is 124 Å². The highest BCUT2D eigenvalue weighted by molar-refractivity contribution is 7.90. The fourth-order valence-corrected chi connectivity index (χ4v) is 8.26. The van der Waals surface area contributed by atoms with E-state index in [1.807, 2.05) is 27.7 Å². The van der Waals surface area contributed by atoms with Gasteiger partial charge in [0.25, 0.3) is 0 Å². The number of halogens is 3. The van der Waals surface area contributed by atoms with Crippen molar-refractivity contribution in [1.82, 2.24) is 19.9 Å². The molecule has 1 aliphatic carbocycles. The Morgan fingerprint density at radius 3 is 2.56 bits per heavy atom. The van der Waals surface area contributed by atoms with Crippen molar-refractivity contribution in [2.45, 2.75) is 76.7 Å². The number of pyridine rings is 1. The van der Waals surface area contributed by atoms with Crippen LogP contribution in [0.4, 0.5) is 23.9 Å². The molecule has 2 aromatic carbocycles. The van der Waals surface area contributed by atoms with Crippen LogP contribution in [-0.4, -0.2) is 70.8 Å². The lowest BCUT2D eigenvalue weighted by molar-refractivity contribution is -0.103. The van der Waals surface area contributed by atoms with Crippen molar-refractivity contribution in [3.63, 3.8) is 0 Å². The standard InChI is InChI=1S/C36H40F3N5O5S/c1-22-9-10-25-26(11-12-29(37)28(25)21-50(46,47)20-23-17-36(38,39)18-23)31(22)48-32-27(8-5-14-40-32)30-13-15-41-33(43-30)42-24-7-6-16-44(19-24)34(45)49-35(2,3)4/h5,8-15,23-24H,6-7,16-21H2,1-4H3,(H,41,42,43)/t24-/m0/s1. The summed E-state index contributed by atoms with van der Waals surface area (Å²) in [7, 11) is -3.89. The zero-order valence-electron chi connectivity index (χ0n) is 28.4. The summed E-state index contributed by atoms with van der Waals surface area (Å²) in [6, 6.07) is 11.2. The molecule has 2 aromatic heterocycles. The third kappa shape index (κ3) is 8.28. The number of piperidine rings is 1. The van der Waals surface area contributed by atoms with Crippen molar-refractivity contribution >= 4 is 32.7 Å². The number of likely N-dealkylation sites (tertiary alicyclic amines) is 1. The van der Waals surface area contributed by atoms with Crippen molar-refractivity contribution in [1.29, 1.82) is 0 Å². The number of benzene rings is 2. The van der Waals surface area contributed by atoms with Crippen molar-refractivity contribution in [3.8, 4) is 22.9 Å². The Labute approximate surface area is 289 Å². The summed E-state index contributed by atoms with van der Waals surface area (Å²) in [5, 5.41) is 4.15. The number of anilines is 1. The molecule has 4 aromatic rings. The maximum atomic E-state index is 15.2. The lowest BCUT2D eigenvalue weighted by Gasteiger charge is -2.34. The second-order valence-electron chi connectivity index (χ2n) is 14.2. The molecule has 1 saturated heterocycles. The molecule has 50 heavy (non-hydrogen) atoms. The highest BCUT2D eigenvalue weighted by atomic mass is 32.2. The number of amides is 1. The van der Waals surface area contributed by atoms with Gasteiger partial charge in [0.2, 0.25) is 17.8 Å². The number of carbonyl (C=O) groups is 1. The molecule has 3 heterocycles. The number of fused-ring (bicyclic) bond motifs is 1. The molecule has 10 nitrogen and oxygen atoms in total. The molecule has 266 valence electrons. The zero-order chi connectivity index (χ0) is 35.8. The molecule has 0 spiro atoms. The van der Waals surface area contributed by atoms with Gasteiger partial charge in [-0.15, -0.1) is 0 Å². The number of nitrogens with zero attached hydrogens (tertiary/aromatic N) is 4. The van der Waals surface area contributed by atoms with Gasteiger partial charge in [0.1, 0.15) is 17.2 Å². The van der Waals surface area contributed by atoms with Gasteiger partial charge in [0.05, 0.1) is 22.8 Å². The van der Waals surface area contributed by atoms with Gasteiger partial charge in [-0.3, -0.25) is 0 Å². The molecule has 1 aliphatic heterocycles. The second-order valence-corrected chi connectivity index (χ2v) is 16.3. The van der Waals surface area contributed by atoms with Gasteiger partial charge in [-0.05, 0) is 87.7 Å². The van der Waals surface area contributed by atoms with Crippen LogP contribution in [0.15, 0.2) is 54.9 Å². The largest absolute Gasteiger partial charge is 0.444 e. The minimum absolute atomic E-state index is 0.0425. The normalized spacial score (nSPS) is 18.1. The van der Waals surface area contributed by atoms with Crippen molar-refractivity contribution < 1.29 is 35.9 Å². The van der Waals surface area contributed by atoms with Crippen LogP contribution in [0, 0.1) is 18.7 Å². The Balaban J connectivity index is 1.24. The maximum absolute atomic E-state index is 15.2. The predicted octanol–water partition coefficient (Wildman–Crippen LogP) is 7.70. The average molecular weight is 712 g/mol. The van der Waals surface area contributed by atoms with Crippen LogP contribution in [0.1, 0.15) is 57.6 Å². The van der Waals surface area contributed by atoms with Crippen LogP contribution < -0.4 is 10.1 Å². The van der Waals surface area contributed by atoms with E-state index >= 15 is 4.39 Å². The Bertz CT molecular complexity index is 2010. The Hall–Kier alpha value is -4.46. The van der Waals surface area contributed by atoms with Gasteiger partial charge in [0.15, 0.2) is 9.84 Å². The molecule has 0 unspecified atom stereocenters. The lowest BCUT2D eigenvalue weighted by atomic mass is 9.83. The van der Waals surface area contributed by atoms with E-state index in [1.54, 1.807) is 47.6 Å². The molecule has 1 N–H and O–H groups in total. The van der Waals surface area contributed by atoms with Crippen LogP contribution in [0.5, 0.6) is 11.6 Å². The first kappa shape index (κ1) is 35.4. The summed E-state index contributed by atoms with van der Waals surface area (Å²) in [5.41, 5.74) is 1.13. The molecule has 1 saturated carbocycles. The first-order valence-electron chi connectivity index (χ1n) is 16.6.